The second kappa shape index (κ2) is 3.12. The van der Waals surface area contributed by atoms with Gasteiger partial charge in [-0.25, -0.2) is 10.0 Å². The summed E-state index contributed by atoms with van der Waals surface area (Å²) >= 11 is 0. The highest BCUT2D eigenvalue weighted by molar-refractivity contribution is 5.29. The number of rotatable bonds is 2. The van der Waals surface area contributed by atoms with Crippen LogP contribution in [0.1, 0.15) is 0 Å². The molecule has 0 aromatic carbocycles. The third-order valence-electron chi connectivity index (χ3n) is 1.10. The van der Waals surface area contributed by atoms with Gasteiger partial charge in [0.2, 0.25) is 0 Å². The second-order valence-electron chi connectivity index (χ2n) is 1.69. The molecule has 4 nitrogen and oxygen atoms in total. The molecule has 0 amide bonds. The highest BCUT2D eigenvalue weighted by Gasteiger charge is 1.97. The van der Waals surface area contributed by atoms with Crippen molar-refractivity contribution in [2.45, 2.75) is 0 Å². The lowest BCUT2D eigenvalue weighted by molar-refractivity contribution is 0.182. The Bertz CT molecular complexity index is 189. The fourth-order valence-corrected chi connectivity index (χ4v) is 0.506. The molecule has 10 heavy (non-hydrogen) atoms. The van der Waals surface area contributed by atoms with Gasteiger partial charge in [-0.05, 0) is 0 Å². The largest absolute Gasteiger partial charge is 0.276 e. The molecule has 0 saturated heterocycles. The summed E-state index contributed by atoms with van der Waals surface area (Å²) in [5, 5.41) is 1.50. The van der Waals surface area contributed by atoms with Crippen molar-refractivity contribution in [3.05, 3.63) is 18.6 Å². The molecule has 53 valence electrons. The van der Waals surface area contributed by atoms with Gasteiger partial charge in [0.05, 0.1) is 19.5 Å². The maximum atomic E-state index is 4.85. The van der Waals surface area contributed by atoms with Gasteiger partial charge in [0, 0.05) is 7.05 Å². The van der Waals surface area contributed by atoms with Gasteiger partial charge in [0.25, 0.3) is 0 Å². The average Bonchev–Trinajstić information content (AvgIpc) is 2.05. The molecule has 4 heteroatoms. The zero-order valence-electron chi connectivity index (χ0n) is 5.90. The molecule has 1 rings (SSSR count). The molecule has 0 saturated carbocycles. The van der Waals surface area contributed by atoms with Crippen molar-refractivity contribution < 1.29 is 4.84 Å². The number of aromatic nitrogens is 2. The topological polar surface area (TPSA) is 38.2 Å². The number of hydrogen-bond donors (Lipinski definition) is 0. The molecule has 0 aliphatic heterocycles. The molecular formula is C6H8N3O. The van der Waals surface area contributed by atoms with Crippen molar-refractivity contribution in [3.63, 3.8) is 0 Å². The van der Waals surface area contributed by atoms with Crippen molar-refractivity contribution in [2.75, 3.05) is 19.2 Å². The molecule has 0 aliphatic rings. The molecule has 0 bridgehead atoms. The van der Waals surface area contributed by atoms with Crippen LogP contribution in [0.5, 0.6) is 0 Å². The maximum Gasteiger partial charge on any atom is 0.171 e. The van der Waals surface area contributed by atoms with Crippen LogP contribution in [0.25, 0.3) is 0 Å². The van der Waals surface area contributed by atoms with E-state index in [1.807, 2.05) is 0 Å². The zero-order chi connectivity index (χ0) is 7.40. The Morgan fingerprint density at radius 3 is 3.00 bits per heavy atom. The van der Waals surface area contributed by atoms with E-state index in [0.29, 0.717) is 5.82 Å². The number of hydrogen-bond acceptors (Lipinski definition) is 4. The SMILES string of the molecule is CON(C)c1cnc[c]n1. The van der Waals surface area contributed by atoms with Crippen molar-refractivity contribution in [1.29, 1.82) is 0 Å². The number of anilines is 1. The molecule has 0 unspecified atom stereocenters. The van der Waals surface area contributed by atoms with E-state index in [9.17, 15) is 0 Å². The van der Waals surface area contributed by atoms with E-state index in [1.165, 1.54) is 11.3 Å². The average molecular weight is 138 g/mol. The lowest BCUT2D eigenvalue weighted by atomic mass is 10.7. The zero-order valence-corrected chi connectivity index (χ0v) is 5.90. The molecule has 1 heterocycles. The van der Waals surface area contributed by atoms with Gasteiger partial charge in [-0.3, -0.25) is 9.82 Å². The standard InChI is InChI=1S/C6H8N3O/c1-9(10-2)6-5-7-3-4-8-6/h3,5H,1-2H3. The predicted molar refractivity (Wildman–Crippen MR) is 36.3 cm³/mol. The van der Waals surface area contributed by atoms with Gasteiger partial charge in [-0.2, -0.15) is 0 Å². The lowest BCUT2D eigenvalue weighted by Gasteiger charge is -2.12. The van der Waals surface area contributed by atoms with Crippen LogP contribution >= 0.6 is 0 Å². The minimum absolute atomic E-state index is 0.644. The fourth-order valence-electron chi connectivity index (χ4n) is 0.506. The first kappa shape index (κ1) is 6.95. The van der Waals surface area contributed by atoms with E-state index in [4.69, 9.17) is 4.84 Å². The summed E-state index contributed by atoms with van der Waals surface area (Å²) in [5.74, 6) is 0.644. The molecule has 0 N–H and O–H groups in total. The van der Waals surface area contributed by atoms with Crippen LogP contribution in [0.4, 0.5) is 5.82 Å². The number of nitrogens with zero attached hydrogens (tertiary/aromatic N) is 3. The monoisotopic (exact) mass is 138 g/mol. The van der Waals surface area contributed by atoms with Crippen molar-refractivity contribution in [1.82, 2.24) is 9.97 Å². The van der Waals surface area contributed by atoms with Crippen LogP contribution in [-0.2, 0) is 4.84 Å². The quantitative estimate of drug-likeness (QED) is 0.550. The van der Waals surface area contributed by atoms with Crippen LogP contribution in [0.3, 0.4) is 0 Å². The summed E-state index contributed by atoms with van der Waals surface area (Å²) in [6.07, 6.45) is 5.68. The van der Waals surface area contributed by atoms with E-state index in [1.54, 1.807) is 20.4 Å². The summed E-state index contributed by atoms with van der Waals surface area (Å²) in [6.45, 7) is 0. The van der Waals surface area contributed by atoms with Crippen molar-refractivity contribution in [2.24, 2.45) is 0 Å². The van der Waals surface area contributed by atoms with E-state index in [2.05, 4.69) is 16.2 Å². The smallest absolute Gasteiger partial charge is 0.171 e. The fraction of sp³-hybridized carbons (Fsp3) is 0.333. The summed E-state index contributed by atoms with van der Waals surface area (Å²) in [4.78, 5) is 12.5. The van der Waals surface area contributed by atoms with Crippen LogP contribution in [-0.4, -0.2) is 24.1 Å². The number of hydroxylamine groups is 1. The Labute approximate surface area is 59.4 Å². The second-order valence-corrected chi connectivity index (χ2v) is 1.69. The van der Waals surface area contributed by atoms with E-state index >= 15 is 0 Å². The van der Waals surface area contributed by atoms with Gasteiger partial charge in [-0.1, -0.05) is 0 Å². The Hall–Kier alpha value is -1.16. The van der Waals surface area contributed by atoms with Gasteiger partial charge in [0.15, 0.2) is 5.82 Å². The first-order chi connectivity index (χ1) is 4.84. The highest BCUT2D eigenvalue weighted by atomic mass is 16.7. The highest BCUT2D eigenvalue weighted by Crippen LogP contribution is 2.02. The van der Waals surface area contributed by atoms with Gasteiger partial charge in [0.1, 0.15) is 6.20 Å². The van der Waals surface area contributed by atoms with Crippen LogP contribution in [0.15, 0.2) is 12.4 Å². The Morgan fingerprint density at radius 2 is 2.50 bits per heavy atom. The van der Waals surface area contributed by atoms with Crippen molar-refractivity contribution >= 4 is 5.82 Å². The predicted octanol–water partition coefficient (Wildman–Crippen LogP) is 0.274. The summed E-state index contributed by atoms with van der Waals surface area (Å²) in [6, 6.07) is 0. The van der Waals surface area contributed by atoms with Crippen LogP contribution < -0.4 is 5.06 Å². The minimum Gasteiger partial charge on any atom is -0.276 e. The minimum atomic E-state index is 0.644. The van der Waals surface area contributed by atoms with E-state index in [-0.39, 0.29) is 0 Å². The third-order valence-corrected chi connectivity index (χ3v) is 1.10. The first-order valence-corrected chi connectivity index (χ1v) is 2.80. The Balaban J connectivity index is 2.75. The van der Waals surface area contributed by atoms with Crippen LogP contribution in [0.2, 0.25) is 0 Å². The molecule has 0 aliphatic carbocycles. The van der Waals surface area contributed by atoms with Gasteiger partial charge in [-0.15, -0.1) is 0 Å². The van der Waals surface area contributed by atoms with E-state index in [0.717, 1.165) is 0 Å². The van der Waals surface area contributed by atoms with E-state index < -0.39 is 0 Å². The molecule has 0 atom stereocenters. The molecule has 1 aromatic heterocycles. The normalized spacial score (nSPS) is 9.40. The maximum absolute atomic E-state index is 4.85. The summed E-state index contributed by atoms with van der Waals surface area (Å²) < 4.78 is 0. The lowest BCUT2D eigenvalue weighted by Crippen LogP contribution is -2.15. The summed E-state index contributed by atoms with van der Waals surface area (Å²) in [7, 11) is 3.31. The first-order valence-electron chi connectivity index (χ1n) is 2.80. The molecule has 1 aromatic rings. The molecule has 1 radical (unpaired) electrons. The van der Waals surface area contributed by atoms with Gasteiger partial charge >= 0.3 is 0 Å². The molecular weight excluding hydrogens is 130 g/mol. The summed E-state index contributed by atoms with van der Waals surface area (Å²) in [5.41, 5.74) is 0. The van der Waals surface area contributed by atoms with Gasteiger partial charge < -0.3 is 0 Å². The molecule has 0 fully saturated rings. The third kappa shape index (κ3) is 1.41. The Kier molecular flexibility index (Phi) is 2.17. The Morgan fingerprint density at radius 1 is 1.70 bits per heavy atom. The van der Waals surface area contributed by atoms with Crippen LogP contribution in [0, 0.1) is 6.20 Å². The van der Waals surface area contributed by atoms with Crippen molar-refractivity contribution in [3.8, 4) is 0 Å². The molecule has 0 spiro atoms.